The van der Waals surface area contributed by atoms with Crippen LogP contribution in [-0.4, -0.2) is 23.0 Å². The number of nitrogen functional groups attached to an aromatic ring is 1. The third-order valence-corrected chi connectivity index (χ3v) is 7.41. The van der Waals surface area contributed by atoms with Gasteiger partial charge in [-0.3, -0.25) is 4.57 Å². The molecule has 0 unspecified atom stereocenters. The van der Waals surface area contributed by atoms with Crippen molar-refractivity contribution in [2.24, 2.45) is 0 Å². The molecule has 0 saturated carbocycles. The molecule has 5 aromatic rings. The Bertz CT molecular complexity index is 1600. The van der Waals surface area contributed by atoms with Gasteiger partial charge in [-0.2, -0.15) is 0 Å². The Morgan fingerprint density at radius 2 is 1.62 bits per heavy atom. The molecule has 160 valence electrons. The standard InChI is InChI=1S/C25H22N4O2S/c1-3-17-9-7-10-18(15-17)29-24(26)23(32(30,31)19-11-6-8-16(2)14-19)22-25(29)28-21-13-5-4-12-20(21)27-22/h4-15H,3,26H2,1-2H3. The quantitative estimate of drug-likeness (QED) is 0.429. The van der Waals surface area contributed by atoms with E-state index < -0.39 is 9.84 Å². The van der Waals surface area contributed by atoms with E-state index in [4.69, 9.17) is 15.7 Å². The van der Waals surface area contributed by atoms with Crippen molar-refractivity contribution in [3.05, 3.63) is 83.9 Å². The van der Waals surface area contributed by atoms with E-state index in [-0.39, 0.29) is 21.1 Å². The highest BCUT2D eigenvalue weighted by atomic mass is 32.2. The highest BCUT2D eigenvalue weighted by Crippen LogP contribution is 2.37. The molecule has 0 fully saturated rings. The SMILES string of the molecule is CCc1cccc(-n2c(N)c(S(=O)(=O)c3cccc(C)c3)c3nc4ccccc4nc32)c1. The van der Waals surface area contributed by atoms with Crippen LogP contribution in [0.3, 0.4) is 0 Å². The molecule has 0 bridgehead atoms. The first kappa shape index (κ1) is 20.2. The van der Waals surface area contributed by atoms with E-state index in [0.29, 0.717) is 16.7 Å². The van der Waals surface area contributed by atoms with Crippen molar-refractivity contribution in [2.75, 3.05) is 5.73 Å². The maximum atomic E-state index is 13.8. The van der Waals surface area contributed by atoms with Gasteiger partial charge in [-0.15, -0.1) is 0 Å². The van der Waals surface area contributed by atoms with Gasteiger partial charge in [0, 0.05) is 5.69 Å². The molecule has 3 aromatic carbocycles. The summed E-state index contributed by atoms with van der Waals surface area (Å²) in [6.45, 7) is 3.92. The third kappa shape index (κ3) is 3.13. The largest absolute Gasteiger partial charge is 0.384 e. The maximum Gasteiger partial charge on any atom is 0.212 e. The van der Waals surface area contributed by atoms with Gasteiger partial charge >= 0.3 is 0 Å². The highest BCUT2D eigenvalue weighted by molar-refractivity contribution is 7.92. The fourth-order valence-electron chi connectivity index (χ4n) is 3.98. The van der Waals surface area contributed by atoms with Gasteiger partial charge in [-0.1, -0.05) is 43.3 Å². The summed E-state index contributed by atoms with van der Waals surface area (Å²) in [7, 11) is -3.94. The van der Waals surface area contributed by atoms with Crippen molar-refractivity contribution >= 4 is 37.9 Å². The van der Waals surface area contributed by atoms with Crippen molar-refractivity contribution in [1.82, 2.24) is 14.5 Å². The van der Waals surface area contributed by atoms with Crippen LogP contribution in [0.4, 0.5) is 5.82 Å². The molecule has 2 N–H and O–H groups in total. The second-order valence-electron chi connectivity index (χ2n) is 7.78. The second kappa shape index (κ2) is 7.46. The van der Waals surface area contributed by atoms with Gasteiger partial charge < -0.3 is 5.73 Å². The zero-order valence-corrected chi connectivity index (χ0v) is 18.6. The lowest BCUT2D eigenvalue weighted by atomic mass is 10.1. The lowest BCUT2D eigenvalue weighted by Crippen LogP contribution is -2.07. The van der Waals surface area contributed by atoms with E-state index in [1.165, 1.54) is 0 Å². The number of sulfone groups is 1. The van der Waals surface area contributed by atoms with E-state index in [9.17, 15) is 8.42 Å². The Morgan fingerprint density at radius 3 is 2.34 bits per heavy atom. The van der Waals surface area contributed by atoms with E-state index in [2.05, 4.69) is 6.92 Å². The van der Waals surface area contributed by atoms with Crippen molar-refractivity contribution < 1.29 is 8.42 Å². The van der Waals surface area contributed by atoms with E-state index >= 15 is 0 Å². The molecular weight excluding hydrogens is 420 g/mol. The van der Waals surface area contributed by atoms with Crippen LogP contribution in [0.2, 0.25) is 0 Å². The number of aryl methyl sites for hydroxylation is 2. The minimum absolute atomic E-state index is 0.0155. The van der Waals surface area contributed by atoms with Crippen molar-refractivity contribution in [2.45, 2.75) is 30.1 Å². The first-order valence-corrected chi connectivity index (χ1v) is 11.9. The molecule has 0 aliphatic heterocycles. The van der Waals surface area contributed by atoms with E-state index in [0.717, 1.165) is 23.2 Å². The number of aromatic nitrogens is 3. The number of fused-ring (bicyclic) bond motifs is 2. The molecule has 7 heteroatoms. The minimum Gasteiger partial charge on any atom is -0.384 e. The Kier molecular flexibility index (Phi) is 4.71. The Labute approximate surface area is 186 Å². The van der Waals surface area contributed by atoms with Gasteiger partial charge in [0.25, 0.3) is 0 Å². The summed E-state index contributed by atoms with van der Waals surface area (Å²) in [5.74, 6) is 0.102. The van der Waals surface area contributed by atoms with Gasteiger partial charge in [-0.05, 0) is 60.9 Å². The molecule has 0 spiro atoms. The van der Waals surface area contributed by atoms with Gasteiger partial charge in [0.2, 0.25) is 9.84 Å². The van der Waals surface area contributed by atoms with Crippen LogP contribution in [-0.2, 0) is 16.3 Å². The van der Waals surface area contributed by atoms with Crippen LogP contribution in [0.15, 0.2) is 82.6 Å². The molecule has 32 heavy (non-hydrogen) atoms. The molecule has 0 saturated heterocycles. The molecule has 0 radical (unpaired) electrons. The fraction of sp³-hybridized carbons (Fsp3) is 0.120. The minimum atomic E-state index is -3.94. The van der Waals surface area contributed by atoms with Crippen molar-refractivity contribution in [3.63, 3.8) is 0 Å². The lowest BCUT2D eigenvalue weighted by molar-refractivity contribution is 0.597. The molecule has 6 nitrogen and oxygen atoms in total. The van der Waals surface area contributed by atoms with Crippen LogP contribution in [0.25, 0.3) is 27.9 Å². The summed E-state index contributed by atoms with van der Waals surface area (Å²) < 4.78 is 29.2. The summed E-state index contributed by atoms with van der Waals surface area (Å²) in [6.07, 6.45) is 0.843. The fourth-order valence-corrected chi connectivity index (χ4v) is 5.57. The van der Waals surface area contributed by atoms with Crippen LogP contribution < -0.4 is 5.73 Å². The highest BCUT2D eigenvalue weighted by Gasteiger charge is 2.30. The number of benzene rings is 3. The van der Waals surface area contributed by atoms with E-state index in [1.807, 2.05) is 61.5 Å². The Hall–Kier alpha value is -3.71. The lowest BCUT2D eigenvalue weighted by Gasteiger charge is -2.10. The Balaban J connectivity index is 1.91. The smallest absolute Gasteiger partial charge is 0.212 e. The first-order chi connectivity index (χ1) is 15.4. The average Bonchev–Trinajstić information content (AvgIpc) is 3.08. The zero-order valence-electron chi connectivity index (χ0n) is 17.8. The molecular formula is C25H22N4O2S. The topological polar surface area (TPSA) is 90.9 Å². The summed E-state index contributed by atoms with van der Waals surface area (Å²) >= 11 is 0. The third-order valence-electron chi connectivity index (χ3n) is 5.60. The van der Waals surface area contributed by atoms with Gasteiger partial charge in [-0.25, -0.2) is 18.4 Å². The number of nitrogens with zero attached hydrogens (tertiary/aromatic N) is 3. The van der Waals surface area contributed by atoms with Crippen molar-refractivity contribution in [3.8, 4) is 5.69 Å². The van der Waals surface area contributed by atoms with Crippen LogP contribution in [0.1, 0.15) is 18.1 Å². The summed E-state index contributed by atoms with van der Waals surface area (Å²) in [4.78, 5) is 9.64. The molecule has 0 amide bonds. The average molecular weight is 443 g/mol. The zero-order chi connectivity index (χ0) is 22.5. The molecule has 0 atom stereocenters. The number of anilines is 1. The monoisotopic (exact) mass is 442 g/mol. The first-order valence-electron chi connectivity index (χ1n) is 10.4. The number of hydrogen-bond acceptors (Lipinski definition) is 5. The number of para-hydroxylation sites is 2. The number of hydrogen-bond donors (Lipinski definition) is 1. The van der Waals surface area contributed by atoms with Crippen molar-refractivity contribution in [1.29, 1.82) is 0 Å². The molecule has 0 aliphatic rings. The Morgan fingerprint density at radius 1 is 0.906 bits per heavy atom. The van der Waals surface area contributed by atoms with Crippen LogP contribution >= 0.6 is 0 Å². The normalized spacial score (nSPS) is 11.9. The summed E-state index contributed by atoms with van der Waals surface area (Å²) in [5.41, 5.74) is 11.2. The molecule has 5 rings (SSSR count). The van der Waals surface area contributed by atoms with Crippen LogP contribution in [0, 0.1) is 6.92 Å². The number of nitrogens with two attached hydrogens (primary N) is 1. The molecule has 2 aromatic heterocycles. The second-order valence-corrected chi connectivity index (χ2v) is 9.66. The van der Waals surface area contributed by atoms with Gasteiger partial charge in [0.05, 0.1) is 15.9 Å². The molecule has 0 aliphatic carbocycles. The van der Waals surface area contributed by atoms with E-state index in [1.54, 1.807) is 22.8 Å². The van der Waals surface area contributed by atoms with Gasteiger partial charge in [0.1, 0.15) is 16.2 Å². The maximum absolute atomic E-state index is 13.8. The van der Waals surface area contributed by atoms with Gasteiger partial charge in [0.15, 0.2) is 5.65 Å². The summed E-state index contributed by atoms with van der Waals surface area (Å²) in [5, 5.41) is 0. The van der Waals surface area contributed by atoms with Crippen LogP contribution in [0.5, 0.6) is 0 Å². The number of rotatable bonds is 4. The predicted molar refractivity (Wildman–Crippen MR) is 127 cm³/mol. The molecule has 2 heterocycles. The summed E-state index contributed by atoms with van der Waals surface area (Å²) in [6, 6.07) is 22.1. The predicted octanol–water partition coefficient (Wildman–Crippen LogP) is 4.86.